The fourth-order valence-electron chi connectivity index (χ4n) is 4.74. The lowest BCUT2D eigenvalue weighted by Crippen LogP contribution is -2.43. The Hall–Kier alpha value is -2.42. The van der Waals surface area contributed by atoms with Crippen LogP contribution >= 0.6 is 11.8 Å². The molecule has 33 heavy (non-hydrogen) atoms. The molecule has 0 spiro atoms. The Balaban J connectivity index is 1.46. The number of hydrogen-bond acceptors (Lipinski definition) is 5. The maximum atomic E-state index is 14.0. The van der Waals surface area contributed by atoms with Gasteiger partial charge in [-0.15, -0.1) is 0 Å². The summed E-state index contributed by atoms with van der Waals surface area (Å²) >= 11 is 1.73. The van der Waals surface area contributed by atoms with Crippen LogP contribution in [0, 0.1) is 5.92 Å². The van der Waals surface area contributed by atoms with E-state index in [4.69, 9.17) is 4.74 Å². The molecule has 2 atom stereocenters. The molecule has 1 aliphatic heterocycles. The maximum absolute atomic E-state index is 14.0. The predicted molar refractivity (Wildman–Crippen MR) is 124 cm³/mol. The zero-order valence-electron chi connectivity index (χ0n) is 18.7. The minimum atomic E-state index is -4.61. The summed E-state index contributed by atoms with van der Waals surface area (Å²) in [5.74, 6) is 1.64. The van der Waals surface area contributed by atoms with Crippen molar-refractivity contribution in [3.63, 3.8) is 0 Å². The zero-order valence-corrected chi connectivity index (χ0v) is 19.5. The standard InChI is InChI=1S/C24H28F3N3O2S/c1-30(23(31)15-8-10-33-11-9-15)22(24(25,26)27)20-7-6-17(14-28-20)29-18-12-16-4-3-5-21(32-2)19(16)13-18/h3-7,14-15,18,22,29H,8-13H2,1-2H3. The lowest BCUT2D eigenvalue weighted by molar-refractivity contribution is -0.191. The Morgan fingerprint density at radius 3 is 2.61 bits per heavy atom. The number of rotatable bonds is 6. The van der Waals surface area contributed by atoms with Gasteiger partial charge in [-0.25, -0.2) is 0 Å². The van der Waals surface area contributed by atoms with Gasteiger partial charge < -0.3 is 15.0 Å². The third-order valence-corrected chi connectivity index (χ3v) is 7.47. The van der Waals surface area contributed by atoms with Gasteiger partial charge in [-0.2, -0.15) is 24.9 Å². The number of carbonyl (C=O) groups is 1. The first-order valence-corrected chi connectivity index (χ1v) is 12.2. The van der Waals surface area contributed by atoms with Gasteiger partial charge in [0.2, 0.25) is 5.91 Å². The summed E-state index contributed by atoms with van der Waals surface area (Å²) in [5, 5.41) is 3.37. The highest BCUT2D eigenvalue weighted by molar-refractivity contribution is 7.99. The summed E-state index contributed by atoms with van der Waals surface area (Å²) in [6, 6.07) is 6.97. The Kier molecular flexibility index (Phi) is 7.07. The minimum absolute atomic E-state index is 0.107. The van der Waals surface area contributed by atoms with Gasteiger partial charge in [0.1, 0.15) is 5.75 Å². The van der Waals surface area contributed by atoms with Gasteiger partial charge in [0.15, 0.2) is 6.04 Å². The number of methoxy groups -OCH3 is 1. The first-order valence-electron chi connectivity index (χ1n) is 11.1. The van der Waals surface area contributed by atoms with Crippen molar-refractivity contribution < 1.29 is 22.7 Å². The topological polar surface area (TPSA) is 54.5 Å². The predicted octanol–water partition coefficient (Wildman–Crippen LogP) is 4.87. The summed E-state index contributed by atoms with van der Waals surface area (Å²) < 4.78 is 47.3. The molecular weight excluding hydrogens is 451 g/mol. The first-order chi connectivity index (χ1) is 15.8. The van der Waals surface area contributed by atoms with Crippen molar-refractivity contribution in [2.75, 3.05) is 31.0 Å². The highest BCUT2D eigenvalue weighted by atomic mass is 32.2. The number of aromatic nitrogens is 1. The third-order valence-electron chi connectivity index (χ3n) is 6.42. The molecule has 178 valence electrons. The molecule has 0 radical (unpaired) electrons. The van der Waals surface area contributed by atoms with Crippen LogP contribution in [0.2, 0.25) is 0 Å². The normalized spacial score (nSPS) is 19.6. The van der Waals surface area contributed by atoms with E-state index in [-0.39, 0.29) is 17.7 Å². The molecule has 9 heteroatoms. The summed E-state index contributed by atoms with van der Waals surface area (Å²) in [6.45, 7) is 0. The lowest BCUT2D eigenvalue weighted by Gasteiger charge is -2.33. The van der Waals surface area contributed by atoms with E-state index in [1.54, 1.807) is 24.9 Å². The summed E-state index contributed by atoms with van der Waals surface area (Å²) in [7, 11) is 2.88. The average Bonchev–Trinajstić information content (AvgIpc) is 3.22. The molecule has 0 saturated carbocycles. The van der Waals surface area contributed by atoms with Crippen LogP contribution < -0.4 is 10.1 Å². The monoisotopic (exact) mass is 479 g/mol. The van der Waals surface area contributed by atoms with Crippen molar-refractivity contribution >= 4 is 23.4 Å². The quantitative estimate of drug-likeness (QED) is 0.641. The Morgan fingerprint density at radius 1 is 1.21 bits per heavy atom. The SMILES string of the molecule is COc1cccc2c1CC(Nc1ccc(C(N(C)C(=O)C3CCSCC3)C(F)(F)F)nc1)C2. The van der Waals surface area contributed by atoms with Gasteiger partial charge in [0.25, 0.3) is 0 Å². The molecule has 0 bridgehead atoms. The van der Waals surface area contributed by atoms with Crippen molar-refractivity contribution in [1.29, 1.82) is 0 Å². The number of ether oxygens (including phenoxy) is 1. The van der Waals surface area contributed by atoms with Crippen LogP contribution in [0.25, 0.3) is 0 Å². The molecule has 1 fully saturated rings. The van der Waals surface area contributed by atoms with Crippen LogP contribution in [0.3, 0.4) is 0 Å². The third kappa shape index (κ3) is 5.23. The maximum Gasteiger partial charge on any atom is 0.414 e. The fourth-order valence-corrected chi connectivity index (χ4v) is 5.85. The Labute approximate surface area is 196 Å². The van der Waals surface area contributed by atoms with Crippen molar-refractivity contribution in [2.45, 2.75) is 43.9 Å². The molecule has 4 rings (SSSR count). The van der Waals surface area contributed by atoms with E-state index < -0.39 is 18.1 Å². The van der Waals surface area contributed by atoms with Crippen LogP contribution in [0.5, 0.6) is 5.75 Å². The highest BCUT2D eigenvalue weighted by Gasteiger charge is 2.47. The number of pyridine rings is 1. The van der Waals surface area contributed by atoms with Crippen LogP contribution in [0.15, 0.2) is 36.5 Å². The highest BCUT2D eigenvalue weighted by Crippen LogP contribution is 2.38. The van der Waals surface area contributed by atoms with Gasteiger partial charge >= 0.3 is 6.18 Å². The van der Waals surface area contributed by atoms with Crippen LogP contribution in [-0.4, -0.2) is 53.7 Å². The van der Waals surface area contributed by atoms with Crippen LogP contribution in [0.1, 0.15) is 35.7 Å². The second-order valence-corrected chi connectivity index (χ2v) is 9.82. The number of fused-ring (bicyclic) bond motifs is 1. The number of halogens is 3. The Bertz CT molecular complexity index is 978. The Morgan fingerprint density at radius 2 is 1.97 bits per heavy atom. The van der Waals surface area contributed by atoms with Crippen molar-refractivity contribution in [2.24, 2.45) is 5.92 Å². The van der Waals surface area contributed by atoms with E-state index in [2.05, 4.69) is 16.4 Å². The van der Waals surface area contributed by atoms with E-state index in [9.17, 15) is 18.0 Å². The summed E-state index contributed by atoms with van der Waals surface area (Å²) in [4.78, 5) is 17.7. The van der Waals surface area contributed by atoms with Gasteiger partial charge in [0, 0.05) is 19.0 Å². The van der Waals surface area contributed by atoms with E-state index in [0.29, 0.717) is 18.5 Å². The first kappa shape index (κ1) is 23.7. The van der Waals surface area contributed by atoms with E-state index >= 15 is 0 Å². The molecule has 1 aromatic heterocycles. The number of carbonyl (C=O) groups excluding carboxylic acids is 1. The molecule has 1 aliphatic carbocycles. The van der Waals surface area contributed by atoms with Crippen molar-refractivity contribution in [3.8, 4) is 5.75 Å². The number of amides is 1. The van der Waals surface area contributed by atoms with Gasteiger partial charge in [0.05, 0.1) is 24.7 Å². The second-order valence-electron chi connectivity index (χ2n) is 8.60. The molecule has 1 N–H and O–H groups in total. The van der Waals surface area contributed by atoms with Crippen molar-refractivity contribution in [1.82, 2.24) is 9.88 Å². The number of hydrogen-bond donors (Lipinski definition) is 1. The second kappa shape index (κ2) is 9.83. The largest absolute Gasteiger partial charge is 0.496 e. The molecule has 5 nitrogen and oxygen atoms in total. The van der Waals surface area contributed by atoms with Gasteiger partial charge in [-0.3, -0.25) is 9.78 Å². The molecule has 1 saturated heterocycles. The molecule has 1 aromatic carbocycles. The van der Waals surface area contributed by atoms with Crippen molar-refractivity contribution in [3.05, 3.63) is 53.3 Å². The van der Waals surface area contributed by atoms with E-state index in [1.165, 1.54) is 24.9 Å². The molecular formula is C24H28F3N3O2S. The van der Waals surface area contributed by atoms with Gasteiger partial charge in [-0.1, -0.05) is 12.1 Å². The number of nitrogens with zero attached hydrogens (tertiary/aromatic N) is 2. The number of alkyl halides is 3. The number of thioether (sulfide) groups is 1. The summed E-state index contributed by atoms with van der Waals surface area (Å²) in [6.07, 6.45) is -0.393. The molecule has 2 aromatic rings. The number of nitrogens with one attached hydrogen (secondary N) is 1. The van der Waals surface area contributed by atoms with Gasteiger partial charge in [-0.05, 0) is 66.5 Å². The van der Waals surface area contributed by atoms with E-state index in [1.807, 2.05) is 12.1 Å². The molecule has 1 amide bonds. The average molecular weight is 480 g/mol. The molecule has 2 heterocycles. The number of anilines is 1. The molecule has 2 unspecified atom stereocenters. The zero-order chi connectivity index (χ0) is 23.6. The molecule has 2 aliphatic rings. The van der Waals surface area contributed by atoms with E-state index in [0.717, 1.165) is 40.6 Å². The number of benzene rings is 1. The minimum Gasteiger partial charge on any atom is -0.496 e. The fraction of sp³-hybridized carbons (Fsp3) is 0.500. The van der Waals surface area contributed by atoms with Crippen LogP contribution in [-0.2, 0) is 17.6 Å². The van der Waals surface area contributed by atoms with Crippen LogP contribution in [0.4, 0.5) is 18.9 Å². The lowest BCUT2D eigenvalue weighted by atomic mass is 9.99. The smallest absolute Gasteiger partial charge is 0.414 e. The summed E-state index contributed by atoms with van der Waals surface area (Å²) in [5.41, 5.74) is 2.83.